The lowest BCUT2D eigenvalue weighted by Gasteiger charge is -2.29. The van der Waals surface area contributed by atoms with Crippen LogP contribution in [0.15, 0.2) is 97.1 Å². The summed E-state index contributed by atoms with van der Waals surface area (Å²) in [5.74, 6) is -3.65. The highest BCUT2D eigenvalue weighted by Crippen LogP contribution is 2.43. The Morgan fingerprint density at radius 1 is 0.707 bits per heavy atom. The molecule has 1 fully saturated rings. The number of fused-ring (bicyclic) bond motifs is 3. The van der Waals surface area contributed by atoms with Gasteiger partial charge < -0.3 is 24.6 Å². The summed E-state index contributed by atoms with van der Waals surface area (Å²) in [6.07, 6.45) is -0.492. The third kappa shape index (κ3) is 6.30. The van der Waals surface area contributed by atoms with Gasteiger partial charge in [-0.15, -0.1) is 0 Å². The number of morpholine rings is 1. The number of aliphatic carboxylic acids is 2. The first-order valence-electron chi connectivity index (χ1n) is 13.5. The van der Waals surface area contributed by atoms with E-state index >= 15 is 0 Å². The smallest absolute Gasteiger partial charge is 0.414 e. The van der Waals surface area contributed by atoms with E-state index in [0.717, 1.165) is 37.6 Å². The highest BCUT2D eigenvalue weighted by atomic mass is 16.5. The maximum atomic E-state index is 11.3. The van der Waals surface area contributed by atoms with Crippen LogP contribution in [0.4, 0.5) is 0 Å². The molecular weight excluding hydrogens is 520 g/mol. The Balaban J connectivity index is 0.000000511. The van der Waals surface area contributed by atoms with Crippen LogP contribution in [-0.4, -0.2) is 75.7 Å². The average molecular weight is 553 g/mol. The number of aliphatic hydroxyl groups excluding tert-OH is 1. The molecule has 5 aromatic rings. The second-order valence-electron chi connectivity index (χ2n) is 9.93. The van der Waals surface area contributed by atoms with Crippen LogP contribution in [0.3, 0.4) is 0 Å². The summed E-state index contributed by atoms with van der Waals surface area (Å²) in [4.78, 5) is 20.5. The van der Waals surface area contributed by atoms with Gasteiger partial charge in [0.2, 0.25) is 0 Å². The molecule has 4 aromatic carbocycles. The lowest BCUT2D eigenvalue weighted by atomic mass is 9.97. The number of rotatable bonds is 6. The molecule has 210 valence electrons. The fourth-order valence-corrected chi connectivity index (χ4v) is 5.45. The van der Waals surface area contributed by atoms with E-state index in [0.29, 0.717) is 13.1 Å². The Bertz CT molecular complexity index is 1630. The van der Waals surface area contributed by atoms with Crippen molar-refractivity contribution >= 4 is 33.6 Å². The molecule has 3 N–H and O–H groups in total. The number of ether oxygens (including phenoxy) is 1. The van der Waals surface area contributed by atoms with Gasteiger partial charge in [-0.05, 0) is 16.5 Å². The highest BCUT2D eigenvalue weighted by molar-refractivity contribution is 6.27. The average Bonchev–Trinajstić information content (AvgIpc) is 3.33. The molecule has 1 aliphatic heterocycles. The number of nitrogens with zero attached hydrogens (tertiary/aromatic N) is 2. The van der Waals surface area contributed by atoms with Gasteiger partial charge in [-0.25, -0.2) is 9.59 Å². The third-order valence-corrected chi connectivity index (χ3v) is 7.21. The predicted octanol–water partition coefficient (Wildman–Crippen LogP) is 4.98. The molecule has 0 amide bonds. The molecule has 8 nitrogen and oxygen atoms in total. The summed E-state index contributed by atoms with van der Waals surface area (Å²) in [7, 11) is 0. The minimum absolute atomic E-state index is 0.492. The lowest BCUT2D eigenvalue weighted by Crippen LogP contribution is -2.42. The van der Waals surface area contributed by atoms with Crippen LogP contribution in [0.2, 0.25) is 0 Å². The molecule has 1 aliphatic rings. The Hall–Kier alpha value is -4.50. The van der Waals surface area contributed by atoms with E-state index in [1.165, 1.54) is 32.8 Å². The van der Waals surface area contributed by atoms with E-state index in [1.54, 1.807) is 0 Å². The highest BCUT2D eigenvalue weighted by Gasteiger charge is 2.24. The summed E-state index contributed by atoms with van der Waals surface area (Å²) in [5.41, 5.74) is 5.90. The first kappa shape index (κ1) is 28.0. The summed E-state index contributed by atoms with van der Waals surface area (Å²) in [6, 6.07) is 34.2. The number of hydrogen-bond donors (Lipinski definition) is 3. The molecule has 41 heavy (non-hydrogen) atoms. The zero-order valence-electron chi connectivity index (χ0n) is 22.5. The van der Waals surface area contributed by atoms with E-state index in [1.807, 2.05) is 0 Å². The standard InChI is InChI=1S/C31H30N2O2.C2H2O4/c34-26(21-32-17-19-35-20-18-32)22-33-30(25-12-5-2-6-13-25)29(24-10-3-1-4-11-24)28-16-15-23-9-7-8-14-27(23)31(28)33;3-1(4)2(5)6/h1-16,26,34H,17-22H2;(H,3,4)(H,5,6). The monoisotopic (exact) mass is 552 g/mol. The quantitative estimate of drug-likeness (QED) is 0.255. The van der Waals surface area contributed by atoms with Crippen molar-refractivity contribution in [1.82, 2.24) is 9.47 Å². The first-order valence-corrected chi connectivity index (χ1v) is 13.5. The van der Waals surface area contributed by atoms with E-state index < -0.39 is 18.0 Å². The van der Waals surface area contributed by atoms with Crippen LogP contribution >= 0.6 is 0 Å². The van der Waals surface area contributed by atoms with E-state index in [9.17, 15) is 5.11 Å². The summed E-state index contributed by atoms with van der Waals surface area (Å²) < 4.78 is 7.87. The number of aromatic nitrogens is 1. The van der Waals surface area contributed by atoms with Gasteiger partial charge in [0, 0.05) is 36.0 Å². The zero-order chi connectivity index (χ0) is 28.8. The van der Waals surface area contributed by atoms with E-state index in [-0.39, 0.29) is 0 Å². The predicted molar refractivity (Wildman–Crippen MR) is 159 cm³/mol. The van der Waals surface area contributed by atoms with Crippen molar-refractivity contribution in [3.05, 3.63) is 97.1 Å². The molecule has 0 radical (unpaired) electrons. The fourth-order valence-electron chi connectivity index (χ4n) is 5.45. The molecule has 0 saturated carbocycles. The first-order chi connectivity index (χ1) is 19.9. The largest absolute Gasteiger partial charge is 0.473 e. The molecule has 1 aromatic heterocycles. The topological polar surface area (TPSA) is 112 Å². The summed E-state index contributed by atoms with van der Waals surface area (Å²) in [5, 5.41) is 29.8. The van der Waals surface area contributed by atoms with Crippen molar-refractivity contribution < 1.29 is 29.6 Å². The van der Waals surface area contributed by atoms with Crippen LogP contribution in [0, 0.1) is 0 Å². The van der Waals surface area contributed by atoms with Gasteiger partial charge in [0.15, 0.2) is 0 Å². The number of benzene rings is 4. The minimum atomic E-state index is -1.82. The maximum absolute atomic E-state index is 11.3. The molecule has 2 heterocycles. The van der Waals surface area contributed by atoms with Crippen LogP contribution < -0.4 is 0 Å². The number of carbonyl (C=O) groups is 2. The lowest BCUT2D eigenvalue weighted by molar-refractivity contribution is -0.159. The third-order valence-electron chi connectivity index (χ3n) is 7.21. The van der Waals surface area contributed by atoms with Crippen molar-refractivity contribution in [2.45, 2.75) is 12.6 Å². The molecule has 0 aliphatic carbocycles. The molecule has 1 saturated heterocycles. The van der Waals surface area contributed by atoms with Gasteiger partial charge in [0.05, 0.1) is 37.1 Å². The zero-order valence-corrected chi connectivity index (χ0v) is 22.5. The number of carboxylic acids is 2. The Morgan fingerprint density at radius 3 is 1.93 bits per heavy atom. The van der Waals surface area contributed by atoms with Crippen LogP contribution in [0.5, 0.6) is 0 Å². The molecule has 8 heteroatoms. The Morgan fingerprint density at radius 2 is 1.29 bits per heavy atom. The molecule has 1 unspecified atom stereocenters. The van der Waals surface area contributed by atoms with Crippen molar-refractivity contribution in [2.24, 2.45) is 0 Å². The van der Waals surface area contributed by atoms with Crippen molar-refractivity contribution in [1.29, 1.82) is 0 Å². The SMILES string of the molecule is O=C(O)C(=O)O.OC(CN1CCOCC1)Cn1c(-c2ccccc2)c(-c2ccccc2)c2ccc3ccccc3c21. The van der Waals surface area contributed by atoms with Crippen molar-refractivity contribution in [3.8, 4) is 22.4 Å². The van der Waals surface area contributed by atoms with Crippen LogP contribution in [0.25, 0.3) is 44.1 Å². The number of β-amino-alcohol motifs (C(OH)–C–C–N with tert-alkyl or cyclic N) is 1. The minimum Gasteiger partial charge on any atom is -0.473 e. The number of hydrogen-bond acceptors (Lipinski definition) is 5. The van der Waals surface area contributed by atoms with Crippen molar-refractivity contribution in [2.75, 3.05) is 32.8 Å². The Labute approximate surface area is 237 Å². The van der Waals surface area contributed by atoms with Gasteiger partial charge in [-0.2, -0.15) is 0 Å². The summed E-state index contributed by atoms with van der Waals surface area (Å²) >= 11 is 0. The van der Waals surface area contributed by atoms with Gasteiger partial charge >= 0.3 is 11.9 Å². The molecule has 1 atom stereocenters. The molecular formula is C33H32N2O6. The van der Waals surface area contributed by atoms with E-state index in [2.05, 4.69) is 107 Å². The van der Waals surface area contributed by atoms with Gasteiger partial charge in [-0.3, -0.25) is 4.90 Å². The molecule has 0 bridgehead atoms. The maximum Gasteiger partial charge on any atom is 0.414 e. The van der Waals surface area contributed by atoms with Gasteiger partial charge in [-0.1, -0.05) is 97.1 Å². The number of carboxylic acid groups (broad SMARTS) is 2. The summed E-state index contributed by atoms with van der Waals surface area (Å²) in [6.45, 7) is 4.37. The van der Waals surface area contributed by atoms with Gasteiger partial charge in [0.1, 0.15) is 0 Å². The molecule has 0 spiro atoms. The normalized spacial score (nSPS) is 14.4. The molecule has 6 rings (SSSR count). The number of aliphatic hydroxyl groups is 1. The van der Waals surface area contributed by atoms with E-state index in [4.69, 9.17) is 24.5 Å². The van der Waals surface area contributed by atoms with Gasteiger partial charge in [0.25, 0.3) is 0 Å². The van der Waals surface area contributed by atoms with Crippen LogP contribution in [0.1, 0.15) is 0 Å². The van der Waals surface area contributed by atoms with Crippen LogP contribution in [-0.2, 0) is 20.9 Å². The van der Waals surface area contributed by atoms with Crippen molar-refractivity contribution in [3.63, 3.8) is 0 Å². The Kier molecular flexibility index (Phi) is 8.74. The second-order valence-corrected chi connectivity index (χ2v) is 9.93. The second kappa shape index (κ2) is 12.8. The fraction of sp³-hybridized carbons (Fsp3) is 0.212.